The Hall–Kier alpha value is -2.86. The van der Waals surface area contributed by atoms with Crippen molar-refractivity contribution in [3.8, 4) is 0 Å². The van der Waals surface area contributed by atoms with Crippen molar-refractivity contribution in [3.63, 3.8) is 0 Å². The van der Waals surface area contributed by atoms with E-state index in [1.165, 1.54) is 11.8 Å². The molecule has 0 saturated heterocycles. The number of nitrogens with zero attached hydrogens (tertiary/aromatic N) is 2. The highest BCUT2D eigenvalue weighted by Crippen LogP contribution is 2.47. The summed E-state index contributed by atoms with van der Waals surface area (Å²) in [5.74, 6) is -0.594. The van der Waals surface area contributed by atoms with Crippen LogP contribution in [0.5, 0.6) is 0 Å². The van der Waals surface area contributed by atoms with Gasteiger partial charge in [-0.3, -0.25) is 14.5 Å². The summed E-state index contributed by atoms with van der Waals surface area (Å²) in [6, 6.07) is 8.61. The van der Waals surface area contributed by atoms with Crippen LogP contribution in [0.1, 0.15) is 43.9 Å². The molecule has 1 aromatic carbocycles. The lowest BCUT2D eigenvalue weighted by Gasteiger charge is -2.18. The van der Waals surface area contributed by atoms with Gasteiger partial charge in [0.1, 0.15) is 0 Å². The molecule has 0 saturated carbocycles. The molecule has 2 aromatic heterocycles. The highest BCUT2D eigenvalue weighted by molar-refractivity contribution is 7.08. The number of benzene rings is 1. The normalized spacial score (nSPS) is 18.6. The van der Waals surface area contributed by atoms with E-state index < -0.39 is 0 Å². The maximum absolute atomic E-state index is 13.3. The Kier molecular flexibility index (Phi) is 3.74. The first-order valence-corrected chi connectivity index (χ1v) is 10.4. The molecule has 6 heteroatoms. The number of rotatable bonds is 2. The predicted molar refractivity (Wildman–Crippen MR) is 112 cm³/mol. The van der Waals surface area contributed by atoms with E-state index in [2.05, 4.69) is 53.5 Å². The van der Waals surface area contributed by atoms with Gasteiger partial charge in [0.05, 0.1) is 17.6 Å². The van der Waals surface area contributed by atoms with Gasteiger partial charge in [-0.1, -0.05) is 6.07 Å². The first-order valence-electron chi connectivity index (χ1n) is 9.45. The zero-order valence-corrected chi connectivity index (χ0v) is 16.8. The van der Waals surface area contributed by atoms with E-state index in [-0.39, 0.29) is 17.7 Å². The van der Waals surface area contributed by atoms with Crippen molar-refractivity contribution < 1.29 is 9.59 Å². The summed E-state index contributed by atoms with van der Waals surface area (Å²) in [6.07, 6.45) is 2.18. The number of imide groups is 1. The fourth-order valence-corrected chi connectivity index (χ4v) is 5.13. The van der Waals surface area contributed by atoms with Gasteiger partial charge >= 0.3 is 0 Å². The molecular weight excluding hydrogens is 370 g/mol. The van der Waals surface area contributed by atoms with Crippen molar-refractivity contribution in [2.75, 3.05) is 11.9 Å². The lowest BCUT2D eigenvalue weighted by atomic mass is 9.86. The number of anilines is 1. The van der Waals surface area contributed by atoms with E-state index in [1.54, 1.807) is 11.3 Å². The maximum Gasteiger partial charge on any atom is 0.259 e. The third-order valence-electron chi connectivity index (χ3n) is 5.70. The Bertz CT molecular complexity index is 1150. The fraction of sp³-hybridized carbons (Fsp3) is 0.273. The number of nitrogens with one attached hydrogen (secondary N) is 1. The van der Waals surface area contributed by atoms with Crippen molar-refractivity contribution in [2.24, 2.45) is 0 Å². The van der Waals surface area contributed by atoms with Crippen molar-refractivity contribution >= 4 is 39.7 Å². The molecule has 3 aromatic rings. The van der Waals surface area contributed by atoms with Gasteiger partial charge in [0, 0.05) is 41.9 Å². The molecule has 2 aliphatic heterocycles. The molecule has 5 nitrogen and oxygen atoms in total. The largest absolute Gasteiger partial charge is 0.356 e. The molecule has 5 rings (SSSR count). The molecule has 1 unspecified atom stereocenters. The first kappa shape index (κ1) is 17.3. The Morgan fingerprint density at radius 2 is 2.11 bits per heavy atom. The van der Waals surface area contributed by atoms with Gasteiger partial charge < -0.3 is 9.88 Å². The minimum Gasteiger partial charge on any atom is -0.356 e. The Balaban J connectivity index is 1.82. The second kappa shape index (κ2) is 6.07. The average Bonchev–Trinajstić information content (AvgIpc) is 3.35. The molecule has 0 fully saturated rings. The number of hydrogen-bond acceptors (Lipinski definition) is 4. The van der Waals surface area contributed by atoms with Gasteiger partial charge in [0.15, 0.2) is 0 Å². The van der Waals surface area contributed by atoms with E-state index in [0.29, 0.717) is 18.2 Å². The number of carbonyl (C=O) groups is 2. The quantitative estimate of drug-likeness (QED) is 0.701. The van der Waals surface area contributed by atoms with Gasteiger partial charge in [-0.2, -0.15) is 11.3 Å². The van der Waals surface area contributed by atoms with Crippen LogP contribution in [0, 0.1) is 0 Å². The number of thiophene rings is 1. The average molecular weight is 391 g/mol. The summed E-state index contributed by atoms with van der Waals surface area (Å²) < 4.78 is 2.27. The van der Waals surface area contributed by atoms with Crippen LogP contribution >= 0.6 is 11.3 Å². The number of hydrogen-bond donors (Lipinski definition) is 1. The molecule has 1 atom stereocenters. The molecule has 0 radical (unpaired) electrons. The van der Waals surface area contributed by atoms with Gasteiger partial charge in [0.2, 0.25) is 5.91 Å². The number of aromatic nitrogens is 1. The van der Waals surface area contributed by atoms with Crippen LogP contribution in [0.25, 0.3) is 10.9 Å². The summed E-state index contributed by atoms with van der Waals surface area (Å²) in [5, 5.41) is 8.80. The first-order chi connectivity index (χ1) is 13.5. The van der Waals surface area contributed by atoms with E-state index in [0.717, 1.165) is 33.4 Å². The third kappa shape index (κ3) is 2.31. The van der Waals surface area contributed by atoms with Crippen LogP contribution < -0.4 is 5.32 Å². The van der Waals surface area contributed by atoms with E-state index in [1.807, 2.05) is 11.4 Å². The zero-order valence-electron chi connectivity index (χ0n) is 16.0. The topological polar surface area (TPSA) is 54.3 Å². The van der Waals surface area contributed by atoms with E-state index in [9.17, 15) is 9.59 Å². The summed E-state index contributed by atoms with van der Waals surface area (Å²) in [4.78, 5) is 26.6. The van der Waals surface area contributed by atoms with Crippen molar-refractivity contribution in [2.45, 2.75) is 32.7 Å². The van der Waals surface area contributed by atoms with Crippen LogP contribution in [0.2, 0.25) is 0 Å². The SMILES string of the molecule is CC(=O)N1CC2=C(C1=O)C(c1ccsc1)c1cn(C(C)C)c3cccc(c13)N2. The maximum atomic E-state index is 13.3. The molecule has 2 aliphatic rings. The second-order valence-corrected chi connectivity index (χ2v) is 8.48. The van der Waals surface area contributed by atoms with Crippen molar-refractivity contribution in [1.82, 2.24) is 9.47 Å². The second-order valence-electron chi connectivity index (χ2n) is 7.70. The van der Waals surface area contributed by atoms with Crippen LogP contribution in [-0.2, 0) is 9.59 Å². The van der Waals surface area contributed by atoms with Gasteiger partial charge in [-0.25, -0.2) is 0 Å². The predicted octanol–water partition coefficient (Wildman–Crippen LogP) is 4.48. The van der Waals surface area contributed by atoms with Crippen LogP contribution in [-0.4, -0.2) is 27.8 Å². The monoisotopic (exact) mass is 391 g/mol. The molecule has 0 bridgehead atoms. The van der Waals surface area contributed by atoms with Gasteiger partial charge in [0.25, 0.3) is 5.91 Å². The molecular formula is C22H21N3O2S. The fourth-order valence-electron chi connectivity index (χ4n) is 4.44. The molecule has 0 aliphatic carbocycles. The summed E-state index contributed by atoms with van der Waals surface area (Å²) in [6.45, 7) is 6.08. The standard InChI is InChI=1S/C22H21N3O2S/c1-12(2)24-9-15-19(14-7-8-28-11-14)21-17(10-25(13(3)26)22(21)27)23-16-5-4-6-18(24)20(15)16/h4-9,11-12,19,23H,10H2,1-3H3. The Labute approximate surface area is 167 Å². The smallest absolute Gasteiger partial charge is 0.259 e. The number of amides is 2. The van der Waals surface area contributed by atoms with Crippen LogP contribution in [0.3, 0.4) is 0 Å². The van der Waals surface area contributed by atoms with Gasteiger partial charge in [-0.05, 0) is 53.9 Å². The molecule has 142 valence electrons. The van der Waals surface area contributed by atoms with Crippen molar-refractivity contribution in [1.29, 1.82) is 0 Å². The minimum absolute atomic E-state index is 0.184. The molecule has 2 amide bonds. The summed E-state index contributed by atoms with van der Waals surface area (Å²) in [7, 11) is 0. The molecule has 1 N–H and O–H groups in total. The number of carbonyl (C=O) groups excluding carboxylic acids is 2. The highest BCUT2D eigenvalue weighted by Gasteiger charge is 2.41. The van der Waals surface area contributed by atoms with E-state index in [4.69, 9.17) is 0 Å². The van der Waals surface area contributed by atoms with Crippen LogP contribution in [0.4, 0.5) is 5.69 Å². The van der Waals surface area contributed by atoms with Crippen LogP contribution in [0.15, 0.2) is 52.5 Å². The lowest BCUT2D eigenvalue weighted by molar-refractivity contribution is -0.139. The zero-order chi connectivity index (χ0) is 19.6. The van der Waals surface area contributed by atoms with Crippen molar-refractivity contribution in [3.05, 3.63) is 63.6 Å². The minimum atomic E-state index is -0.220. The Morgan fingerprint density at radius 1 is 1.29 bits per heavy atom. The third-order valence-corrected chi connectivity index (χ3v) is 6.40. The lowest BCUT2D eigenvalue weighted by Crippen LogP contribution is -2.33. The summed E-state index contributed by atoms with van der Waals surface area (Å²) in [5.41, 5.74) is 5.89. The molecule has 0 spiro atoms. The molecule has 4 heterocycles. The summed E-state index contributed by atoms with van der Waals surface area (Å²) >= 11 is 1.62. The highest BCUT2D eigenvalue weighted by atomic mass is 32.1. The molecule has 28 heavy (non-hydrogen) atoms. The Morgan fingerprint density at radius 3 is 2.79 bits per heavy atom. The van der Waals surface area contributed by atoms with Gasteiger partial charge in [-0.15, -0.1) is 0 Å². The van der Waals surface area contributed by atoms with E-state index >= 15 is 0 Å².